The van der Waals surface area contributed by atoms with Crippen molar-refractivity contribution in [3.63, 3.8) is 0 Å². The molecule has 74 valence electrons. The fourth-order valence-corrected chi connectivity index (χ4v) is 0.961. The van der Waals surface area contributed by atoms with E-state index in [1.54, 1.807) is 0 Å². The van der Waals surface area contributed by atoms with Gasteiger partial charge in [0.15, 0.2) is 0 Å². The number of halogens is 3. The van der Waals surface area contributed by atoms with Crippen LogP contribution in [0.4, 0.5) is 0 Å². The Morgan fingerprint density at radius 3 is 1.85 bits per heavy atom. The van der Waals surface area contributed by atoms with Crippen LogP contribution in [0, 0.1) is 0 Å². The third-order valence-corrected chi connectivity index (χ3v) is 1.55. The number of hydrogen-bond donors (Lipinski definition) is 0. The fraction of sp³-hybridized carbons (Fsp3) is 0.444. The minimum Gasteiger partial charge on any atom is -1.00 e. The Balaban J connectivity index is -0.000000101. The Morgan fingerprint density at radius 2 is 1.46 bits per heavy atom. The summed E-state index contributed by atoms with van der Waals surface area (Å²) in [5, 5.41) is 0. The van der Waals surface area contributed by atoms with Crippen LogP contribution in [0.5, 0.6) is 0 Å². The molecule has 0 saturated carbocycles. The normalized spacial score (nSPS) is 6.85. The molecule has 0 spiro atoms. The quantitative estimate of drug-likeness (QED) is 0.373. The van der Waals surface area contributed by atoms with Gasteiger partial charge in [-0.1, -0.05) is 26.2 Å². The Hall–Kier alpha value is 0.0101. The molecule has 0 aliphatic carbocycles. The van der Waals surface area contributed by atoms with Gasteiger partial charge >= 0.3 is 25.8 Å². The van der Waals surface area contributed by atoms with Crippen molar-refractivity contribution in [1.82, 2.24) is 0 Å². The second-order valence-corrected chi connectivity index (χ2v) is 2.40. The average Bonchev–Trinajstić information content (AvgIpc) is 2.34. The summed E-state index contributed by atoms with van der Waals surface area (Å²) in [4.78, 5) is 0. The van der Waals surface area contributed by atoms with Crippen LogP contribution >= 0.6 is 0 Å². The van der Waals surface area contributed by atoms with Gasteiger partial charge in [0.2, 0.25) is 0 Å². The largest absolute Gasteiger partial charge is 4.00 e. The first-order valence-corrected chi connectivity index (χ1v) is 3.64. The van der Waals surface area contributed by atoms with E-state index in [4.69, 9.17) is 0 Å². The number of hydrogen-bond acceptors (Lipinski definition) is 0. The predicted molar refractivity (Wildman–Crippen MR) is 40.6 cm³/mol. The van der Waals surface area contributed by atoms with Gasteiger partial charge in [0.25, 0.3) is 0 Å². The zero-order chi connectivity index (χ0) is 6.53. The molecule has 0 nitrogen and oxygen atoms in total. The van der Waals surface area contributed by atoms with Gasteiger partial charge in [-0.15, -0.1) is 0 Å². The van der Waals surface area contributed by atoms with Crippen LogP contribution in [-0.4, -0.2) is 0 Å². The first-order chi connectivity index (χ1) is 4.43. The summed E-state index contributed by atoms with van der Waals surface area (Å²) in [6.07, 6.45) is 3.87. The van der Waals surface area contributed by atoms with Gasteiger partial charge in [0.1, 0.15) is 0 Å². The summed E-state index contributed by atoms with van der Waals surface area (Å²) in [7, 11) is 0. The Labute approximate surface area is 96.0 Å². The van der Waals surface area contributed by atoms with Crippen LogP contribution in [0.25, 0.3) is 0 Å². The summed E-state index contributed by atoms with van der Waals surface area (Å²) in [6.45, 7) is 2.23. The molecular formula is C9H13F3Hf. The molecule has 0 fully saturated rings. The summed E-state index contributed by atoms with van der Waals surface area (Å²) >= 11 is 0. The van der Waals surface area contributed by atoms with Crippen LogP contribution in [0.2, 0.25) is 0 Å². The van der Waals surface area contributed by atoms with E-state index in [0.29, 0.717) is 0 Å². The van der Waals surface area contributed by atoms with E-state index in [1.807, 2.05) is 0 Å². The minimum atomic E-state index is 0. The molecule has 0 atom stereocenters. The van der Waals surface area contributed by atoms with Crippen molar-refractivity contribution < 1.29 is 40.0 Å². The molecule has 0 heterocycles. The van der Waals surface area contributed by atoms with Gasteiger partial charge in [-0.05, 0) is 0 Å². The van der Waals surface area contributed by atoms with Crippen molar-refractivity contribution >= 4 is 0 Å². The topological polar surface area (TPSA) is 0 Å². The molecule has 1 aromatic carbocycles. The maximum atomic E-state index is 2.23. The van der Waals surface area contributed by atoms with Gasteiger partial charge in [0.05, 0.1) is 0 Å². The maximum Gasteiger partial charge on any atom is 4.00 e. The van der Waals surface area contributed by atoms with Crippen molar-refractivity contribution in [3.8, 4) is 0 Å². The van der Waals surface area contributed by atoms with Gasteiger partial charge in [-0.3, -0.25) is 0 Å². The maximum absolute atomic E-state index is 2.23. The Kier molecular flexibility index (Phi) is 25.8. The molecule has 1 rings (SSSR count). The van der Waals surface area contributed by atoms with E-state index in [2.05, 4.69) is 31.2 Å². The van der Waals surface area contributed by atoms with Crippen LogP contribution in [0.1, 0.15) is 25.3 Å². The smallest absolute Gasteiger partial charge is 1.00 e. The molecule has 1 aromatic rings. The molecule has 0 aromatic heterocycles. The summed E-state index contributed by atoms with van der Waals surface area (Å²) in [5.41, 5.74) is 1.48. The van der Waals surface area contributed by atoms with Crippen molar-refractivity contribution in [2.24, 2.45) is 0 Å². The van der Waals surface area contributed by atoms with Crippen molar-refractivity contribution in [3.05, 3.63) is 29.8 Å². The monoisotopic (exact) mass is 358 g/mol. The van der Waals surface area contributed by atoms with Gasteiger partial charge < -0.3 is 14.1 Å². The molecular weight excluding hydrogens is 344 g/mol. The van der Waals surface area contributed by atoms with Crippen molar-refractivity contribution in [2.75, 3.05) is 0 Å². The second kappa shape index (κ2) is 14.5. The van der Waals surface area contributed by atoms with Crippen molar-refractivity contribution in [2.45, 2.75) is 26.2 Å². The molecule has 13 heavy (non-hydrogen) atoms. The number of rotatable bonds is 3. The molecule has 0 bridgehead atoms. The van der Waals surface area contributed by atoms with Crippen LogP contribution in [-0.2, 0) is 32.3 Å². The first-order valence-electron chi connectivity index (χ1n) is 3.64. The van der Waals surface area contributed by atoms with Gasteiger partial charge in [-0.2, -0.15) is 17.7 Å². The average molecular weight is 357 g/mol. The molecule has 4 heteroatoms. The Morgan fingerprint density at radius 1 is 1.00 bits per heavy atom. The van der Waals surface area contributed by atoms with Crippen LogP contribution < -0.4 is 14.1 Å². The summed E-state index contributed by atoms with van der Waals surface area (Å²) in [5.74, 6) is 0. The zero-order valence-corrected chi connectivity index (χ0v) is 11.2. The SMILES string of the molecule is CCCC[c-]1cccc1.[F-].[F-].[F-].[Hf+4]. The number of unbranched alkanes of at least 4 members (excludes halogenated alkanes) is 1. The van der Waals surface area contributed by atoms with E-state index >= 15 is 0 Å². The van der Waals surface area contributed by atoms with Crippen LogP contribution in [0.15, 0.2) is 24.3 Å². The fourth-order valence-electron chi connectivity index (χ4n) is 0.961. The third kappa shape index (κ3) is 9.93. The molecule has 0 N–H and O–H groups in total. The van der Waals surface area contributed by atoms with E-state index in [-0.39, 0.29) is 40.0 Å². The van der Waals surface area contributed by atoms with Crippen molar-refractivity contribution in [1.29, 1.82) is 0 Å². The van der Waals surface area contributed by atoms with Gasteiger partial charge in [0, 0.05) is 0 Å². The van der Waals surface area contributed by atoms with E-state index in [1.165, 1.54) is 24.8 Å². The Bertz CT molecular complexity index is 152. The third-order valence-electron chi connectivity index (χ3n) is 1.55. The molecule has 0 saturated heterocycles. The zero-order valence-electron chi connectivity index (χ0n) is 7.56. The van der Waals surface area contributed by atoms with Gasteiger partial charge in [-0.25, -0.2) is 12.1 Å². The first kappa shape index (κ1) is 23.1. The minimum absolute atomic E-state index is 0. The standard InChI is InChI=1S/C9H13.3FH.Hf/c1-2-3-6-9-7-4-5-8-9;;;;/h4-5,7-8H,2-3,6H2,1H3;3*1H;/q-1;;;;+4/p-3. The summed E-state index contributed by atoms with van der Waals surface area (Å²) < 4.78 is 0. The van der Waals surface area contributed by atoms with E-state index < -0.39 is 0 Å². The van der Waals surface area contributed by atoms with E-state index in [0.717, 1.165) is 0 Å². The summed E-state index contributed by atoms with van der Waals surface area (Å²) in [6, 6.07) is 8.58. The predicted octanol–water partition coefficient (Wildman–Crippen LogP) is -6.24. The number of aryl methyl sites for hydroxylation is 1. The van der Waals surface area contributed by atoms with Crippen LogP contribution in [0.3, 0.4) is 0 Å². The molecule has 0 amide bonds. The molecule has 0 aliphatic heterocycles. The van der Waals surface area contributed by atoms with E-state index in [9.17, 15) is 0 Å². The second-order valence-electron chi connectivity index (χ2n) is 2.40. The molecule has 0 aliphatic rings. The molecule has 0 unspecified atom stereocenters. The molecule has 0 radical (unpaired) electrons.